The van der Waals surface area contributed by atoms with E-state index in [4.69, 9.17) is 5.73 Å². The largest absolute Gasteiger partial charge is 0.468 e. The molecule has 2 atom stereocenters. The van der Waals surface area contributed by atoms with Crippen molar-refractivity contribution in [2.24, 2.45) is 11.7 Å². The minimum Gasteiger partial charge on any atom is -0.468 e. The Hall–Kier alpha value is -1.10. The van der Waals surface area contributed by atoms with Gasteiger partial charge in [0.2, 0.25) is 5.91 Å². The summed E-state index contributed by atoms with van der Waals surface area (Å²) in [6.07, 6.45) is 3.32. The van der Waals surface area contributed by atoms with E-state index in [0.717, 1.165) is 19.3 Å². The average Bonchev–Trinajstić information content (AvgIpc) is 2.87. The fourth-order valence-electron chi connectivity index (χ4n) is 2.20. The Labute approximate surface area is 88.3 Å². The number of amides is 1. The summed E-state index contributed by atoms with van der Waals surface area (Å²) in [5.41, 5.74) is 5.68. The molecular formula is C10H16N2O3. The van der Waals surface area contributed by atoms with Gasteiger partial charge in [0, 0.05) is 11.5 Å². The molecular weight excluding hydrogens is 196 g/mol. The Bertz CT molecular complexity index is 299. The maximum absolute atomic E-state index is 11.6. The van der Waals surface area contributed by atoms with Crippen LogP contribution >= 0.6 is 0 Å². The van der Waals surface area contributed by atoms with Crippen molar-refractivity contribution < 1.29 is 14.3 Å². The van der Waals surface area contributed by atoms with Crippen LogP contribution < -0.4 is 11.1 Å². The van der Waals surface area contributed by atoms with Crippen molar-refractivity contribution in [3.8, 4) is 0 Å². The van der Waals surface area contributed by atoms with Gasteiger partial charge in [0.1, 0.15) is 6.04 Å². The number of ether oxygens (including phenoxy) is 1. The predicted molar refractivity (Wildman–Crippen MR) is 52.8 cm³/mol. The molecule has 84 valence electrons. The fourth-order valence-corrected chi connectivity index (χ4v) is 2.20. The van der Waals surface area contributed by atoms with Crippen LogP contribution in [-0.2, 0) is 14.3 Å². The first-order valence-electron chi connectivity index (χ1n) is 5.22. The van der Waals surface area contributed by atoms with Gasteiger partial charge in [-0.2, -0.15) is 0 Å². The molecule has 1 saturated carbocycles. The summed E-state index contributed by atoms with van der Waals surface area (Å²) >= 11 is 0. The van der Waals surface area contributed by atoms with Crippen molar-refractivity contribution >= 4 is 11.9 Å². The summed E-state index contributed by atoms with van der Waals surface area (Å²) in [4.78, 5) is 22.7. The summed E-state index contributed by atoms with van der Waals surface area (Å²) in [6, 6.07) is -0.681. The molecule has 0 bridgehead atoms. The van der Waals surface area contributed by atoms with Crippen LogP contribution in [0.1, 0.15) is 25.7 Å². The van der Waals surface area contributed by atoms with E-state index in [9.17, 15) is 9.59 Å². The Kier molecular flexibility index (Phi) is 2.42. The maximum Gasteiger partial charge on any atom is 0.322 e. The number of rotatable bonds is 3. The SMILES string of the molecule is COC(=O)[C@@H](N)CC1CC2(CC2)NC1=O. The van der Waals surface area contributed by atoms with Gasteiger partial charge in [-0.05, 0) is 25.7 Å². The quantitative estimate of drug-likeness (QED) is 0.620. The van der Waals surface area contributed by atoms with E-state index in [1.54, 1.807) is 0 Å². The average molecular weight is 212 g/mol. The third-order valence-corrected chi connectivity index (χ3v) is 3.29. The predicted octanol–water partition coefficient (Wildman–Crippen LogP) is -0.454. The van der Waals surface area contributed by atoms with Crippen LogP contribution in [0.4, 0.5) is 0 Å². The highest BCUT2D eigenvalue weighted by atomic mass is 16.5. The highest BCUT2D eigenvalue weighted by Crippen LogP contribution is 2.46. The molecule has 5 heteroatoms. The van der Waals surface area contributed by atoms with Crippen LogP contribution in [0.2, 0.25) is 0 Å². The first-order chi connectivity index (χ1) is 7.06. The van der Waals surface area contributed by atoms with Crippen LogP contribution in [0.15, 0.2) is 0 Å². The number of esters is 1. The summed E-state index contributed by atoms with van der Waals surface area (Å²) in [6.45, 7) is 0. The minimum atomic E-state index is -0.681. The van der Waals surface area contributed by atoms with Gasteiger partial charge in [-0.25, -0.2) is 0 Å². The lowest BCUT2D eigenvalue weighted by Crippen LogP contribution is -2.35. The van der Waals surface area contributed by atoms with Crippen molar-refractivity contribution in [1.82, 2.24) is 5.32 Å². The monoisotopic (exact) mass is 212 g/mol. The van der Waals surface area contributed by atoms with Crippen molar-refractivity contribution in [3.05, 3.63) is 0 Å². The summed E-state index contributed by atoms with van der Waals surface area (Å²) in [5, 5.41) is 2.97. The van der Waals surface area contributed by atoms with E-state index < -0.39 is 12.0 Å². The molecule has 1 aliphatic heterocycles. The topological polar surface area (TPSA) is 81.4 Å². The van der Waals surface area contributed by atoms with E-state index in [-0.39, 0.29) is 17.4 Å². The molecule has 5 nitrogen and oxygen atoms in total. The number of nitrogens with one attached hydrogen (secondary N) is 1. The lowest BCUT2D eigenvalue weighted by Gasteiger charge is -2.12. The molecule has 2 fully saturated rings. The molecule has 1 amide bonds. The number of hydrogen-bond donors (Lipinski definition) is 2. The van der Waals surface area contributed by atoms with Crippen molar-refractivity contribution in [1.29, 1.82) is 0 Å². The molecule has 1 unspecified atom stereocenters. The molecule has 15 heavy (non-hydrogen) atoms. The lowest BCUT2D eigenvalue weighted by atomic mass is 9.96. The van der Waals surface area contributed by atoms with Gasteiger partial charge in [-0.3, -0.25) is 9.59 Å². The second-order valence-corrected chi connectivity index (χ2v) is 4.54. The molecule has 0 aromatic rings. The molecule has 1 spiro atoms. The standard InChI is InChI=1S/C10H16N2O3/c1-15-9(14)7(11)4-6-5-10(2-3-10)12-8(6)13/h6-7H,2-5,11H2,1H3,(H,12,13)/t6?,7-/m0/s1. The van der Waals surface area contributed by atoms with Crippen molar-refractivity contribution in [2.75, 3.05) is 7.11 Å². The van der Waals surface area contributed by atoms with E-state index >= 15 is 0 Å². The van der Waals surface area contributed by atoms with Gasteiger partial charge in [0.15, 0.2) is 0 Å². The first-order valence-corrected chi connectivity index (χ1v) is 5.22. The Morgan fingerprint density at radius 1 is 1.73 bits per heavy atom. The molecule has 3 N–H and O–H groups in total. The van der Waals surface area contributed by atoms with E-state index in [1.165, 1.54) is 7.11 Å². The molecule has 1 saturated heterocycles. The third-order valence-electron chi connectivity index (χ3n) is 3.29. The van der Waals surface area contributed by atoms with Crippen molar-refractivity contribution in [3.63, 3.8) is 0 Å². The summed E-state index contributed by atoms with van der Waals surface area (Å²) in [5.74, 6) is -0.534. The minimum absolute atomic E-state index is 0.0341. The van der Waals surface area contributed by atoms with Crippen molar-refractivity contribution in [2.45, 2.75) is 37.3 Å². The van der Waals surface area contributed by atoms with Crippen LogP contribution in [0.25, 0.3) is 0 Å². The number of carbonyl (C=O) groups is 2. The van der Waals surface area contributed by atoms with Crippen LogP contribution in [0.3, 0.4) is 0 Å². The van der Waals surface area contributed by atoms with Crippen LogP contribution in [-0.4, -0.2) is 30.6 Å². The third kappa shape index (κ3) is 1.97. The molecule has 0 aromatic heterocycles. The van der Waals surface area contributed by atoms with Gasteiger partial charge >= 0.3 is 5.97 Å². The maximum atomic E-state index is 11.6. The molecule has 2 aliphatic rings. The summed E-state index contributed by atoms with van der Waals surface area (Å²) < 4.78 is 4.53. The van der Waals surface area contributed by atoms with Gasteiger partial charge < -0.3 is 15.8 Å². The van der Waals surface area contributed by atoms with E-state index in [2.05, 4.69) is 10.1 Å². The molecule has 0 radical (unpaired) electrons. The van der Waals surface area contributed by atoms with Gasteiger partial charge in [0.25, 0.3) is 0 Å². The van der Waals surface area contributed by atoms with E-state index in [1.807, 2.05) is 0 Å². The van der Waals surface area contributed by atoms with Gasteiger partial charge in [-0.15, -0.1) is 0 Å². The number of methoxy groups -OCH3 is 1. The van der Waals surface area contributed by atoms with Gasteiger partial charge in [-0.1, -0.05) is 0 Å². The fraction of sp³-hybridized carbons (Fsp3) is 0.800. The number of nitrogens with two attached hydrogens (primary N) is 1. The Morgan fingerprint density at radius 3 is 2.87 bits per heavy atom. The Balaban J connectivity index is 1.89. The van der Waals surface area contributed by atoms with Crippen LogP contribution in [0.5, 0.6) is 0 Å². The van der Waals surface area contributed by atoms with Crippen LogP contribution in [0, 0.1) is 5.92 Å². The normalized spacial score (nSPS) is 28.7. The smallest absolute Gasteiger partial charge is 0.322 e. The number of carbonyl (C=O) groups excluding carboxylic acids is 2. The zero-order valence-electron chi connectivity index (χ0n) is 8.79. The first kappa shape index (κ1) is 10.4. The molecule has 0 aromatic carbocycles. The lowest BCUT2D eigenvalue weighted by molar-refractivity contribution is -0.142. The second-order valence-electron chi connectivity index (χ2n) is 4.54. The number of hydrogen-bond acceptors (Lipinski definition) is 4. The second kappa shape index (κ2) is 3.48. The summed E-state index contributed by atoms with van der Waals surface area (Å²) in [7, 11) is 1.30. The van der Waals surface area contributed by atoms with E-state index in [0.29, 0.717) is 6.42 Å². The Morgan fingerprint density at radius 2 is 2.40 bits per heavy atom. The van der Waals surface area contributed by atoms with Gasteiger partial charge in [0.05, 0.1) is 7.11 Å². The molecule has 1 aliphatic carbocycles. The zero-order valence-corrected chi connectivity index (χ0v) is 8.79. The zero-order chi connectivity index (χ0) is 11.1. The highest BCUT2D eigenvalue weighted by molar-refractivity contribution is 5.84. The molecule has 2 rings (SSSR count). The highest BCUT2D eigenvalue weighted by Gasteiger charge is 2.52. The molecule has 1 heterocycles.